The van der Waals surface area contributed by atoms with Gasteiger partial charge in [0.25, 0.3) is 0 Å². The molecule has 3 aliphatic heterocycles. The number of hydrogen-bond acceptors (Lipinski definition) is 11. The van der Waals surface area contributed by atoms with E-state index in [9.17, 15) is 24.6 Å². The highest BCUT2D eigenvalue weighted by atomic mass is 16.6. The highest BCUT2D eigenvalue weighted by molar-refractivity contribution is 6.11. The fourth-order valence-electron chi connectivity index (χ4n) is 10.2. The summed E-state index contributed by atoms with van der Waals surface area (Å²) < 4.78 is 31.1. The van der Waals surface area contributed by atoms with E-state index in [4.69, 9.17) is 23.7 Å². The van der Waals surface area contributed by atoms with Gasteiger partial charge in [-0.25, -0.2) is 4.79 Å². The van der Waals surface area contributed by atoms with Crippen LogP contribution in [0.4, 0.5) is 0 Å². The fourth-order valence-corrected chi connectivity index (χ4v) is 10.2. The van der Waals surface area contributed by atoms with Gasteiger partial charge in [0.05, 0.1) is 36.0 Å². The minimum Gasteiger partial charge on any atom is -0.489 e. The second-order valence-corrected chi connectivity index (χ2v) is 17.1. The molecule has 3 aromatic rings. The average Bonchev–Trinajstić information content (AvgIpc) is 3.92. The standard InChI is InChI=1S/C47H58N2O10/c1-4-56-46(53)45-35(26-50)40(30-12-14-38(52)33(24-30)28-11-13-37-29(23-28)15-18-48-37)41-43(57-32-9-6-5-7-10-32)34-25-39(58-42(34)36(27-51)44(41)59-45)47(2,54)31-16-20-49(21-17-31)19-8-22-55-3/h11,13,15,18,23,26,31-33,39,48,51,54H,4-10,12,14,16-17,19-22,24-25,27H2,1-3H3/b40-30-/t33-,39+,47-/m1/s1. The van der Waals surface area contributed by atoms with Crippen molar-refractivity contribution in [2.45, 2.75) is 121 Å². The number of piperidine rings is 1. The number of fused-ring (bicyclic) bond motifs is 3. The molecule has 12 nitrogen and oxygen atoms in total. The third kappa shape index (κ3) is 7.97. The molecular weight excluding hydrogens is 753 g/mol. The van der Waals surface area contributed by atoms with Crippen LogP contribution >= 0.6 is 0 Å². The molecule has 2 saturated carbocycles. The number of allylic oxidation sites excluding steroid dienone is 3. The van der Waals surface area contributed by atoms with Gasteiger partial charge in [0.2, 0.25) is 5.76 Å². The SMILES string of the molecule is CCOC(=O)C1=C(C=O)/C(=C2\CCC(=O)[C@@H](c3ccc4[nH]ccc4c3)C2)c2c(c(CO)c3c(c2OC2CCCCC2)C[C@@H]([C@](C)(O)C2CCN(CCCOC)CC2)O3)O1. The first kappa shape index (κ1) is 41.3. The van der Waals surface area contributed by atoms with Crippen molar-refractivity contribution in [2.24, 2.45) is 5.92 Å². The zero-order valence-corrected chi connectivity index (χ0v) is 34.6. The number of nitrogens with one attached hydrogen (secondary N) is 1. The number of rotatable bonds is 13. The molecule has 0 unspecified atom stereocenters. The number of Topliss-reactive ketones (excluding diaryl/α,β-unsaturated/α-hetero) is 1. The lowest BCUT2D eigenvalue weighted by atomic mass is 9.75. The van der Waals surface area contributed by atoms with Gasteiger partial charge in [0, 0.05) is 61.9 Å². The van der Waals surface area contributed by atoms with Gasteiger partial charge in [-0.05, 0) is 120 Å². The zero-order valence-electron chi connectivity index (χ0n) is 34.6. The van der Waals surface area contributed by atoms with E-state index in [1.807, 2.05) is 37.4 Å². The van der Waals surface area contributed by atoms with Crippen molar-refractivity contribution >= 4 is 34.5 Å². The number of H-pyrrole nitrogens is 1. The first-order chi connectivity index (χ1) is 28.7. The largest absolute Gasteiger partial charge is 0.489 e. The predicted molar refractivity (Wildman–Crippen MR) is 221 cm³/mol. The van der Waals surface area contributed by atoms with Crippen LogP contribution in [0.25, 0.3) is 16.5 Å². The number of methoxy groups -OCH3 is 1. The maximum absolute atomic E-state index is 13.8. The minimum absolute atomic E-state index is 0.0252. The topological polar surface area (TPSA) is 157 Å². The summed E-state index contributed by atoms with van der Waals surface area (Å²) in [5, 5.41) is 24.6. The zero-order chi connectivity index (χ0) is 41.3. The third-order valence-electron chi connectivity index (χ3n) is 13.5. The molecule has 3 N–H and O–H groups in total. The van der Waals surface area contributed by atoms with Crippen LogP contribution in [0, 0.1) is 5.92 Å². The Balaban J connectivity index is 1.25. The Morgan fingerprint density at radius 3 is 2.59 bits per heavy atom. The third-order valence-corrected chi connectivity index (χ3v) is 13.5. The molecule has 12 heteroatoms. The van der Waals surface area contributed by atoms with Crippen LogP contribution in [0.2, 0.25) is 0 Å². The van der Waals surface area contributed by atoms with Gasteiger partial charge in [-0.2, -0.15) is 0 Å². The van der Waals surface area contributed by atoms with Crippen molar-refractivity contribution in [3.8, 4) is 17.2 Å². The van der Waals surface area contributed by atoms with Gasteiger partial charge in [-0.15, -0.1) is 0 Å². The fraction of sp³-hybridized carbons (Fsp3) is 0.553. The van der Waals surface area contributed by atoms with Crippen LogP contribution in [0.1, 0.15) is 113 Å². The Hall–Kier alpha value is -4.49. The highest BCUT2D eigenvalue weighted by Gasteiger charge is 2.49. The summed E-state index contributed by atoms with van der Waals surface area (Å²) in [6.07, 6.45) is 10.3. The second-order valence-electron chi connectivity index (χ2n) is 17.1. The number of hydrogen-bond donors (Lipinski definition) is 3. The van der Waals surface area contributed by atoms with Crippen molar-refractivity contribution in [3.63, 3.8) is 0 Å². The lowest BCUT2D eigenvalue weighted by Gasteiger charge is -2.42. The van der Waals surface area contributed by atoms with Gasteiger partial charge in [-0.3, -0.25) is 9.59 Å². The number of carbonyl (C=O) groups excluding carboxylic acids is 3. The summed E-state index contributed by atoms with van der Waals surface area (Å²) in [6.45, 7) is 6.46. The molecule has 2 aromatic carbocycles. The maximum atomic E-state index is 13.8. The number of nitrogens with zero attached hydrogens (tertiary/aromatic N) is 1. The summed E-state index contributed by atoms with van der Waals surface area (Å²) in [5.41, 5.74) is 3.42. The van der Waals surface area contributed by atoms with Crippen LogP contribution < -0.4 is 14.2 Å². The molecule has 4 heterocycles. The summed E-state index contributed by atoms with van der Waals surface area (Å²) in [7, 11) is 1.72. The summed E-state index contributed by atoms with van der Waals surface area (Å²) in [4.78, 5) is 46.5. The van der Waals surface area contributed by atoms with Gasteiger partial charge >= 0.3 is 5.97 Å². The van der Waals surface area contributed by atoms with Crippen LogP contribution in [0.5, 0.6) is 17.2 Å². The molecule has 3 atom stereocenters. The second kappa shape index (κ2) is 17.6. The van der Waals surface area contributed by atoms with Crippen LogP contribution in [-0.4, -0.2) is 95.9 Å². The van der Waals surface area contributed by atoms with E-state index in [1.165, 1.54) is 0 Å². The normalized spacial score (nSPS) is 24.0. The number of ether oxygens (including phenoxy) is 5. The first-order valence-corrected chi connectivity index (χ1v) is 21.6. The molecule has 59 heavy (non-hydrogen) atoms. The number of ketones is 1. The van der Waals surface area contributed by atoms with E-state index in [1.54, 1.807) is 14.0 Å². The van der Waals surface area contributed by atoms with E-state index in [2.05, 4.69) is 9.88 Å². The average molecular weight is 811 g/mol. The number of aldehydes is 1. The quantitative estimate of drug-likeness (QED) is 0.0941. The molecule has 5 aliphatic rings. The molecule has 8 rings (SSSR count). The maximum Gasteiger partial charge on any atom is 0.375 e. The van der Waals surface area contributed by atoms with E-state index < -0.39 is 30.2 Å². The highest BCUT2D eigenvalue weighted by Crippen LogP contribution is 2.57. The van der Waals surface area contributed by atoms with Crippen molar-refractivity contribution in [1.29, 1.82) is 0 Å². The Bertz CT molecular complexity index is 2130. The predicted octanol–water partition coefficient (Wildman–Crippen LogP) is 6.87. The number of carbonyl (C=O) groups is 3. The van der Waals surface area contributed by atoms with E-state index in [0.29, 0.717) is 65.9 Å². The minimum atomic E-state index is -1.23. The molecule has 0 amide bonds. The van der Waals surface area contributed by atoms with Gasteiger partial charge in [0.15, 0.2) is 6.29 Å². The summed E-state index contributed by atoms with van der Waals surface area (Å²) in [5.74, 6) is -0.493. The Labute approximate surface area is 345 Å². The Morgan fingerprint density at radius 1 is 1.07 bits per heavy atom. The molecule has 0 bridgehead atoms. The number of aromatic amines is 1. The van der Waals surface area contributed by atoms with Crippen LogP contribution in [-0.2, 0) is 36.9 Å². The molecule has 1 saturated heterocycles. The van der Waals surface area contributed by atoms with E-state index in [0.717, 1.165) is 93.0 Å². The number of likely N-dealkylation sites (tertiary alicyclic amines) is 1. The number of aliphatic hydroxyl groups is 2. The van der Waals surface area contributed by atoms with Crippen LogP contribution in [0.15, 0.2) is 47.4 Å². The van der Waals surface area contributed by atoms with Crippen LogP contribution in [0.3, 0.4) is 0 Å². The molecular formula is C47H58N2O10. The van der Waals surface area contributed by atoms with Crippen molar-refractivity contribution in [3.05, 3.63) is 69.6 Å². The number of esters is 1. The number of aromatic nitrogens is 1. The molecule has 1 aromatic heterocycles. The monoisotopic (exact) mass is 810 g/mol. The van der Waals surface area contributed by atoms with Gasteiger partial charge in [-0.1, -0.05) is 18.1 Å². The van der Waals surface area contributed by atoms with Crippen molar-refractivity contribution in [1.82, 2.24) is 9.88 Å². The smallest absolute Gasteiger partial charge is 0.375 e. The first-order valence-electron chi connectivity index (χ1n) is 21.6. The lowest BCUT2D eigenvalue weighted by molar-refractivity contribution is -0.141. The van der Waals surface area contributed by atoms with Gasteiger partial charge < -0.3 is 43.8 Å². The molecule has 0 radical (unpaired) electrons. The van der Waals surface area contributed by atoms with E-state index >= 15 is 0 Å². The molecule has 0 spiro atoms. The Morgan fingerprint density at radius 2 is 1.86 bits per heavy atom. The summed E-state index contributed by atoms with van der Waals surface area (Å²) in [6, 6.07) is 7.95. The Kier molecular flexibility index (Phi) is 12.3. The molecule has 2 aliphatic carbocycles. The molecule has 316 valence electrons. The lowest BCUT2D eigenvalue weighted by Crippen LogP contribution is -2.52. The van der Waals surface area contributed by atoms with E-state index in [-0.39, 0.29) is 47.9 Å². The molecule has 3 fully saturated rings. The number of aliphatic hydroxyl groups excluding tert-OH is 1. The van der Waals surface area contributed by atoms with Gasteiger partial charge in [0.1, 0.15) is 34.7 Å². The number of benzene rings is 2. The summed E-state index contributed by atoms with van der Waals surface area (Å²) >= 11 is 0. The van der Waals surface area contributed by atoms with Crippen molar-refractivity contribution < 1.29 is 48.3 Å². The van der Waals surface area contributed by atoms with Crippen molar-refractivity contribution in [2.75, 3.05) is 40.0 Å².